The standard InChI is InChI=1S/C51H74N8O14/c1-9-28(6)42-51(72)73-29(7)43(57-44(65)34(18-20-40(52)63)53-47(68)39(62)25-31-12-16-33(61)17-13-31)48(69)55-36(22-26(2)3)45(66)54-35-19-21-41(64)59(49(35)70)38(23-27(4)5)50(71)58(8)37(46(67)56-42)24-30-10-14-32(60)15-11-30/h10-17,26-29,34-39,41-43,60-62,64H,9,18-25H2,1-8H3,(H2,52,63)(H,53,68)(H,54,66)(H,55,69)(H,56,67)(H,57,65)/t28-,29-,34-,35-,36?,37?,38-,39?,41+,42?,43-/m1/s1. The van der Waals surface area contributed by atoms with E-state index in [0.29, 0.717) is 17.5 Å². The highest BCUT2D eigenvalue weighted by Gasteiger charge is 2.46. The summed E-state index contributed by atoms with van der Waals surface area (Å²) in [4.78, 5) is 129. The number of carbonyl (C=O) groups excluding carboxylic acids is 9. The number of likely N-dealkylation sites (N-methyl/N-ethyl adjacent to an activating group) is 1. The Balaban J connectivity index is 1.83. The zero-order chi connectivity index (χ0) is 54.4. The van der Waals surface area contributed by atoms with Gasteiger partial charge in [0.15, 0.2) is 0 Å². The van der Waals surface area contributed by atoms with Crippen LogP contribution in [0.3, 0.4) is 0 Å². The molecule has 0 spiro atoms. The molecule has 22 nitrogen and oxygen atoms in total. The molecule has 2 aliphatic heterocycles. The number of cyclic esters (lactones) is 1. The third kappa shape index (κ3) is 16.6. The van der Waals surface area contributed by atoms with Gasteiger partial charge < -0.3 is 67.3 Å². The van der Waals surface area contributed by atoms with Gasteiger partial charge >= 0.3 is 5.97 Å². The summed E-state index contributed by atoms with van der Waals surface area (Å²) in [6.45, 7) is 11.8. The van der Waals surface area contributed by atoms with Crippen LogP contribution in [0, 0.1) is 17.8 Å². The number of hydrogen-bond donors (Lipinski definition) is 10. The predicted molar refractivity (Wildman–Crippen MR) is 264 cm³/mol. The van der Waals surface area contributed by atoms with E-state index in [1.54, 1.807) is 39.8 Å². The lowest BCUT2D eigenvalue weighted by Gasteiger charge is -2.43. The number of nitrogens with zero attached hydrogens (tertiary/aromatic N) is 2. The van der Waals surface area contributed by atoms with Crippen LogP contribution in [0.15, 0.2) is 48.5 Å². The van der Waals surface area contributed by atoms with Crippen LogP contribution in [0.1, 0.15) is 105 Å². The molecule has 2 heterocycles. The molecule has 2 bridgehead atoms. The molecule has 0 aromatic heterocycles. The van der Waals surface area contributed by atoms with Gasteiger partial charge in [0.05, 0.1) is 0 Å². The van der Waals surface area contributed by atoms with Gasteiger partial charge in [0.1, 0.15) is 72.2 Å². The summed E-state index contributed by atoms with van der Waals surface area (Å²) in [7, 11) is 1.36. The quantitative estimate of drug-likeness (QED) is 0.0944. The predicted octanol–water partition coefficient (Wildman–Crippen LogP) is 0.153. The minimum atomic E-state index is -1.85. The van der Waals surface area contributed by atoms with Gasteiger partial charge in [-0.2, -0.15) is 0 Å². The van der Waals surface area contributed by atoms with Gasteiger partial charge in [-0.1, -0.05) is 72.2 Å². The molecule has 73 heavy (non-hydrogen) atoms. The normalized spacial score (nSPS) is 25.0. The fraction of sp³-hybridized carbons (Fsp3) is 0.588. The van der Waals surface area contributed by atoms with Crippen LogP contribution in [-0.2, 0) is 60.7 Å². The first-order valence-corrected chi connectivity index (χ1v) is 24.8. The second-order valence-corrected chi connectivity index (χ2v) is 20.0. The fourth-order valence-electron chi connectivity index (χ4n) is 8.73. The number of aromatic hydroxyl groups is 2. The van der Waals surface area contributed by atoms with Crippen molar-refractivity contribution in [1.29, 1.82) is 0 Å². The number of benzene rings is 2. The van der Waals surface area contributed by atoms with Crippen molar-refractivity contribution in [3.63, 3.8) is 0 Å². The average Bonchev–Trinajstić information content (AvgIpc) is 3.32. The smallest absolute Gasteiger partial charge is 0.329 e. The number of phenolic OH excluding ortho intramolecular Hbond substituents is 2. The molecular weight excluding hydrogens is 949 g/mol. The molecule has 0 radical (unpaired) electrons. The van der Waals surface area contributed by atoms with Crippen molar-refractivity contribution < 1.29 is 68.3 Å². The third-order valence-corrected chi connectivity index (χ3v) is 13.1. The summed E-state index contributed by atoms with van der Waals surface area (Å²) in [6, 6.07) is 1.22. The van der Waals surface area contributed by atoms with Crippen LogP contribution < -0.4 is 32.3 Å². The highest BCUT2D eigenvalue weighted by molar-refractivity contribution is 5.98. The molecule has 22 heteroatoms. The molecule has 2 fully saturated rings. The fourth-order valence-corrected chi connectivity index (χ4v) is 8.73. The van der Waals surface area contributed by atoms with Gasteiger partial charge in [-0.3, -0.25) is 38.4 Å². The van der Waals surface area contributed by atoms with Crippen LogP contribution >= 0.6 is 0 Å². The van der Waals surface area contributed by atoms with Crippen molar-refractivity contribution in [2.75, 3.05) is 7.05 Å². The van der Waals surface area contributed by atoms with Crippen LogP contribution in [0.4, 0.5) is 0 Å². The Labute approximate surface area is 425 Å². The first kappa shape index (κ1) is 58.8. The van der Waals surface area contributed by atoms with Crippen molar-refractivity contribution >= 4 is 53.2 Å². The highest BCUT2D eigenvalue weighted by Crippen LogP contribution is 2.27. The van der Waals surface area contributed by atoms with Gasteiger partial charge in [0, 0.05) is 26.3 Å². The van der Waals surface area contributed by atoms with Crippen molar-refractivity contribution in [3.05, 3.63) is 59.7 Å². The monoisotopic (exact) mass is 1020 g/mol. The average molecular weight is 1020 g/mol. The Hall–Kier alpha value is -6.81. The van der Waals surface area contributed by atoms with Crippen LogP contribution in [0.5, 0.6) is 11.5 Å². The number of carbonyl (C=O) groups is 9. The SMILES string of the molecule is CC[C@@H](C)C1NC(=O)C(Cc2ccc(O)cc2)N(C)C(=O)[C@@H](CC(C)C)N2C(=O)[C@@H](CC[C@@H]2O)NC(=O)C(CC(C)C)NC(=O)[C@H](NC(=O)[C@@H](CCC(N)=O)NC(=O)C(O)Cc2ccc(O)cc2)[C@@H](C)OC1=O. The maximum absolute atomic E-state index is 14.9. The zero-order valence-corrected chi connectivity index (χ0v) is 42.8. The molecule has 2 saturated heterocycles. The number of ether oxygens (including phenoxy) is 1. The Bertz CT molecular complexity index is 2280. The summed E-state index contributed by atoms with van der Waals surface area (Å²) >= 11 is 0. The minimum absolute atomic E-state index is 0.0142. The summed E-state index contributed by atoms with van der Waals surface area (Å²) < 4.78 is 5.92. The van der Waals surface area contributed by atoms with E-state index in [9.17, 15) is 63.6 Å². The number of fused-ring (bicyclic) bond motifs is 2. The van der Waals surface area contributed by atoms with Crippen molar-refractivity contribution in [3.8, 4) is 11.5 Å². The molecule has 11 atom stereocenters. The first-order chi connectivity index (χ1) is 34.3. The molecule has 2 aromatic carbocycles. The number of amides is 8. The third-order valence-electron chi connectivity index (χ3n) is 13.1. The van der Waals surface area contributed by atoms with E-state index in [1.165, 1.54) is 50.4 Å². The lowest BCUT2D eigenvalue weighted by Crippen LogP contribution is -2.65. The second kappa shape index (κ2) is 26.8. The minimum Gasteiger partial charge on any atom is -0.508 e. The molecule has 402 valence electrons. The topological polar surface area (TPSA) is 336 Å². The second-order valence-electron chi connectivity index (χ2n) is 20.0. The van der Waals surface area contributed by atoms with Crippen molar-refractivity contribution in [1.82, 2.24) is 36.4 Å². The van der Waals surface area contributed by atoms with E-state index in [0.717, 1.165) is 9.80 Å². The van der Waals surface area contributed by atoms with E-state index in [1.807, 2.05) is 13.8 Å². The van der Waals surface area contributed by atoms with E-state index in [4.69, 9.17) is 10.5 Å². The van der Waals surface area contributed by atoms with Gasteiger partial charge in [-0.05, 0) is 92.2 Å². The van der Waals surface area contributed by atoms with E-state index < -0.39 is 133 Å². The molecule has 11 N–H and O–H groups in total. The number of primary amides is 1. The lowest BCUT2D eigenvalue weighted by atomic mass is 9.94. The maximum atomic E-state index is 14.9. The van der Waals surface area contributed by atoms with Gasteiger partial charge in [-0.25, -0.2) is 4.79 Å². The van der Waals surface area contributed by atoms with E-state index in [-0.39, 0.29) is 61.9 Å². The highest BCUT2D eigenvalue weighted by atomic mass is 16.5. The van der Waals surface area contributed by atoms with E-state index in [2.05, 4.69) is 26.6 Å². The number of aliphatic hydroxyl groups excluding tert-OH is 2. The molecule has 2 aromatic rings. The Morgan fingerprint density at radius 2 is 1.37 bits per heavy atom. The molecule has 4 rings (SSSR count). The van der Waals surface area contributed by atoms with Gasteiger partial charge in [-0.15, -0.1) is 0 Å². The summed E-state index contributed by atoms with van der Waals surface area (Å²) in [6.07, 6.45) is -5.85. The number of esters is 1. The van der Waals surface area contributed by atoms with Crippen LogP contribution in [-0.4, -0.2) is 151 Å². The van der Waals surface area contributed by atoms with Crippen LogP contribution in [0.2, 0.25) is 0 Å². The Morgan fingerprint density at radius 1 is 0.781 bits per heavy atom. The zero-order valence-electron chi connectivity index (χ0n) is 42.8. The van der Waals surface area contributed by atoms with Crippen molar-refractivity contribution in [2.45, 2.75) is 167 Å². The summed E-state index contributed by atoms with van der Waals surface area (Å²) in [5, 5.41) is 54.9. The molecular formula is C51H74N8O14. The van der Waals surface area contributed by atoms with Crippen LogP contribution in [0.25, 0.3) is 0 Å². The molecule has 4 unspecified atom stereocenters. The number of hydrogen-bond acceptors (Lipinski definition) is 14. The Morgan fingerprint density at radius 3 is 1.93 bits per heavy atom. The molecule has 2 aliphatic rings. The number of piperidine rings is 1. The number of aliphatic hydroxyl groups is 2. The molecule has 0 saturated carbocycles. The van der Waals surface area contributed by atoms with Gasteiger partial charge in [0.2, 0.25) is 47.3 Å². The number of phenols is 2. The maximum Gasteiger partial charge on any atom is 0.329 e. The largest absolute Gasteiger partial charge is 0.508 e. The molecule has 8 amide bonds. The molecule has 0 aliphatic carbocycles. The summed E-state index contributed by atoms with van der Waals surface area (Å²) in [5.74, 6) is -9.53. The lowest BCUT2D eigenvalue weighted by molar-refractivity contribution is -0.166. The summed E-state index contributed by atoms with van der Waals surface area (Å²) in [5.41, 5.74) is 6.38. The number of nitrogens with two attached hydrogens (primary N) is 1. The number of rotatable bonds is 17. The van der Waals surface area contributed by atoms with Gasteiger partial charge in [0.25, 0.3) is 0 Å². The Kier molecular flexibility index (Phi) is 21.5. The van der Waals surface area contributed by atoms with E-state index >= 15 is 0 Å². The first-order valence-electron chi connectivity index (χ1n) is 24.8. The number of nitrogens with one attached hydrogen (secondary N) is 5. The van der Waals surface area contributed by atoms with Crippen molar-refractivity contribution in [2.24, 2.45) is 23.5 Å².